The third-order valence-electron chi connectivity index (χ3n) is 9.08. The van der Waals surface area contributed by atoms with Crippen LogP contribution in [0, 0.1) is 17.7 Å². The number of carbonyl (C=O) groups excluding carboxylic acids is 3. The fourth-order valence-electron chi connectivity index (χ4n) is 6.96. The van der Waals surface area contributed by atoms with E-state index >= 15 is 4.39 Å². The highest BCUT2D eigenvalue weighted by Crippen LogP contribution is 2.52. The maximum atomic E-state index is 15.5. The first kappa shape index (κ1) is 32.9. The molecule has 4 rings (SSSR count). The number of carbonyl (C=O) groups is 4. The summed E-state index contributed by atoms with van der Waals surface area (Å²) < 4.78 is 34.7. The lowest BCUT2D eigenvalue weighted by Crippen LogP contribution is -2.58. The van der Waals surface area contributed by atoms with Crippen LogP contribution in [0.1, 0.15) is 86.7 Å². The Morgan fingerprint density at radius 2 is 1.70 bits per heavy atom. The van der Waals surface area contributed by atoms with Crippen molar-refractivity contribution in [3.05, 3.63) is 71.0 Å². The van der Waals surface area contributed by atoms with Crippen molar-refractivity contribution in [2.45, 2.75) is 82.4 Å². The number of alkyl halides is 1. The molecule has 2 aromatic rings. The fraction of sp³-hybridized carbons (Fsp3) is 0.515. The van der Waals surface area contributed by atoms with Crippen molar-refractivity contribution in [3.63, 3.8) is 0 Å². The fourth-order valence-corrected chi connectivity index (χ4v) is 6.96. The Bertz CT molecular complexity index is 1390. The maximum absolute atomic E-state index is 15.5. The molecule has 9 nitrogen and oxygen atoms in total. The van der Waals surface area contributed by atoms with Gasteiger partial charge in [0.15, 0.2) is 0 Å². The molecule has 0 radical (unpaired) electrons. The molecular formula is C33H41F2N3O6. The lowest BCUT2D eigenvalue weighted by molar-refractivity contribution is -0.147. The molecule has 3 amide bonds. The van der Waals surface area contributed by atoms with Gasteiger partial charge >= 0.3 is 12.1 Å². The van der Waals surface area contributed by atoms with Crippen LogP contribution in [0.25, 0.3) is 0 Å². The number of hydrogen-bond donors (Lipinski definition) is 3. The number of benzene rings is 2. The minimum absolute atomic E-state index is 0.0839. The Labute approximate surface area is 256 Å². The van der Waals surface area contributed by atoms with E-state index in [1.807, 2.05) is 0 Å². The summed E-state index contributed by atoms with van der Waals surface area (Å²) in [6.07, 6.45) is 0.942. The van der Waals surface area contributed by atoms with Gasteiger partial charge in [0, 0.05) is 29.9 Å². The van der Waals surface area contributed by atoms with E-state index < -0.39 is 65.4 Å². The molecule has 11 heteroatoms. The summed E-state index contributed by atoms with van der Waals surface area (Å²) in [7, 11) is 0. The van der Waals surface area contributed by atoms with Crippen LogP contribution in [0.5, 0.6) is 0 Å². The van der Waals surface area contributed by atoms with Gasteiger partial charge in [-0.15, -0.1) is 0 Å². The second-order valence-corrected chi connectivity index (χ2v) is 13.0. The molecule has 0 spiro atoms. The predicted molar refractivity (Wildman–Crippen MR) is 159 cm³/mol. The van der Waals surface area contributed by atoms with Crippen molar-refractivity contribution in [1.29, 1.82) is 0 Å². The first-order chi connectivity index (χ1) is 20.7. The average Bonchev–Trinajstić information content (AvgIpc) is 3.28. The zero-order valence-corrected chi connectivity index (χ0v) is 25.5. The number of carboxylic acids is 1. The maximum Gasteiger partial charge on any atom is 0.407 e. The van der Waals surface area contributed by atoms with Crippen molar-refractivity contribution in [1.82, 2.24) is 10.2 Å². The Morgan fingerprint density at radius 1 is 1.07 bits per heavy atom. The van der Waals surface area contributed by atoms with E-state index in [4.69, 9.17) is 10.5 Å². The third-order valence-corrected chi connectivity index (χ3v) is 9.08. The summed E-state index contributed by atoms with van der Waals surface area (Å²) in [5, 5.41) is 12.5. The molecule has 4 atom stereocenters. The Balaban J connectivity index is 1.63. The van der Waals surface area contributed by atoms with Gasteiger partial charge in [-0.05, 0) is 77.0 Å². The number of aromatic carboxylic acids is 1. The smallest absolute Gasteiger partial charge is 0.407 e. The number of nitrogens with one attached hydrogen (secondary N) is 1. The van der Waals surface area contributed by atoms with E-state index in [2.05, 4.69) is 5.32 Å². The molecule has 44 heavy (non-hydrogen) atoms. The Hall–Kier alpha value is -4.02. The summed E-state index contributed by atoms with van der Waals surface area (Å²) in [6, 6.07) is 11.8. The third kappa shape index (κ3) is 6.56. The molecule has 1 saturated heterocycles. The normalized spacial score (nSPS) is 26.1. The van der Waals surface area contributed by atoms with Crippen molar-refractivity contribution in [3.8, 4) is 0 Å². The summed E-state index contributed by atoms with van der Waals surface area (Å²) in [6.45, 7) is 5.80. The molecule has 2 fully saturated rings. The first-order valence-electron chi connectivity index (χ1n) is 14.9. The minimum atomic E-state index is -1.60. The number of ether oxygens (including phenoxy) is 1. The van der Waals surface area contributed by atoms with Crippen LogP contribution >= 0.6 is 0 Å². The van der Waals surface area contributed by atoms with Gasteiger partial charge in [-0.3, -0.25) is 9.59 Å². The van der Waals surface area contributed by atoms with Crippen LogP contribution in [0.2, 0.25) is 0 Å². The van der Waals surface area contributed by atoms with Crippen molar-refractivity contribution >= 4 is 23.9 Å². The molecule has 1 aliphatic heterocycles. The van der Waals surface area contributed by atoms with Gasteiger partial charge in [0.05, 0.1) is 11.6 Å². The van der Waals surface area contributed by atoms with Gasteiger partial charge in [0.25, 0.3) is 0 Å². The van der Waals surface area contributed by atoms with Crippen LogP contribution in [0.4, 0.5) is 13.6 Å². The standard InChI is InChI=1S/C33H41F2N3O6/c1-32(2,3)44-31(43)37-25(17-34)19-13-15-21(16-14-19)28(39)38-18-23(26-22(29(40)41)11-8-12-24(26)35)27(33(38,4)30(36)42)20-9-6-5-7-10-20/h5-12,19,21,23,25,27H,13-18H2,1-4H3,(H2,36,42)(H,37,43)(H,40,41)/t19-,21-,23?,25?,27-,33-/m0/s1. The zero-order chi connectivity index (χ0) is 32.4. The van der Waals surface area contributed by atoms with Gasteiger partial charge in [0.1, 0.15) is 23.6 Å². The minimum Gasteiger partial charge on any atom is -0.478 e. The van der Waals surface area contributed by atoms with E-state index in [9.17, 15) is 28.7 Å². The lowest BCUT2D eigenvalue weighted by Gasteiger charge is -2.40. The van der Waals surface area contributed by atoms with E-state index in [1.165, 1.54) is 23.1 Å². The van der Waals surface area contributed by atoms with Gasteiger partial charge in [-0.25, -0.2) is 18.4 Å². The van der Waals surface area contributed by atoms with E-state index in [1.54, 1.807) is 58.0 Å². The van der Waals surface area contributed by atoms with Crippen LogP contribution in [0.15, 0.2) is 48.5 Å². The zero-order valence-electron chi connectivity index (χ0n) is 25.5. The van der Waals surface area contributed by atoms with Crippen LogP contribution < -0.4 is 11.1 Å². The highest BCUT2D eigenvalue weighted by molar-refractivity contribution is 5.94. The molecule has 0 aromatic heterocycles. The van der Waals surface area contributed by atoms with Crippen LogP contribution in [0.3, 0.4) is 0 Å². The molecule has 2 unspecified atom stereocenters. The number of rotatable bonds is 8. The molecule has 0 bridgehead atoms. The largest absolute Gasteiger partial charge is 0.478 e. The van der Waals surface area contributed by atoms with Crippen LogP contribution in [-0.2, 0) is 14.3 Å². The van der Waals surface area contributed by atoms with Gasteiger partial charge in [0.2, 0.25) is 11.8 Å². The quantitative estimate of drug-likeness (QED) is 0.377. The molecule has 2 aliphatic rings. The molecule has 1 heterocycles. The van der Waals surface area contributed by atoms with E-state index in [-0.39, 0.29) is 29.5 Å². The number of likely N-dealkylation sites (tertiary alicyclic amines) is 1. The van der Waals surface area contributed by atoms with Gasteiger partial charge < -0.3 is 25.8 Å². The van der Waals surface area contributed by atoms with Crippen molar-refractivity contribution in [2.24, 2.45) is 17.6 Å². The Morgan fingerprint density at radius 3 is 2.25 bits per heavy atom. The number of hydrogen-bond acceptors (Lipinski definition) is 5. The molecule has 238 valence electrons. The average molecular weight is 614 g/mol. The summed E-state index contributed by atoms with van der Waals surface area (Å²) in [4.78, 5) is 53.3. The second kappa shape index (κ2) is 12.9. The van der Waals surface area contributed by atoms with Gasteiger partial charge in [-0.2, -0.15) is 0 Å². The number of nitrogens with two attached hydrogens (primary N) is 1. The van der Waals surface area contributed by atoms with E-state index in [0.29, 0.717) is 31.2 Å². The number of amides is 3. The lowest BCUT2D eigenvalue weighted by atomic mass is 9.72. The molecule has 1 aliphatic carbocycles. The highest BCUT2D eigenvalue weighted by Gasteiger charge is 2.59. The van der Waals surface area contributed by atoms with E-state index in [0.717, 1.165) is 0 Å². The number of alkyl carbamates (subject to hydrolysis) is 1. The number of halogens is 2. The molecular weight excluding hydrogens is 572 g/mol. The van der Waals surface area contributed by atoms with Crippen molar-refractivity contribution < 1.29 is 37.8 Å². The summed E-state index contributed by atoms with van der Waals surface area (Å²) in [5.74, 6) is -5.66. The first-order valence-corrected chi connectivity index (χ1v) is 14.9. The monoisotopic (exact) mass is 613 g/mol. The SMILES string of the molecule is CC(C)(C)OC(=O)NC(CF)[C@H]1CC[C@H](C(=O)N2CC(c3c(F)cccc3C(=O)O)[C@H](c3ccccc3)[C@@]2(C)C(N)=O)CC1. The summed E-state index contributed by atoms with van der Waals surface area (Å²) in [5.41, 5.74) is 3.99. The number of carboxylic acid groups (broad SMARTS) is 1. The topological polar surface area (TPSA) is 139 Å². The molecule has 1 saturated carbocycles. The molecule has 4 N–H and O–H groups in total. The highest BCUT2D eigenvalue weighted by atomic mass is 19.1. The van der Waals surface area contributed by atoms with Gasteiger partial charge in [-0.1, -0.05) is 36.4 Å². The summed E-state index contributed by atoms with van der Waals surface area (Å²) >= 11 is 0. The predicted octanol–water partition coefficient (Wildman–Crippen LogP) is 5.15. The Kier molecular flexibility index (Phi) is 9.65. The van der Waals surface area contributed by atoms with Crippen molar-refractivity contribution in [2.75, 3.05) is 13.2 Å². The molecule has 2 aromatic carbocycles. The second-order valence-electron chi connectivity index (χ2n) is 13.0. The number of primary amides is 1. The number of nitrogens with zero attached hydrogens (tertiary/aromatic N) is 1. The van der Waals surface area contributed by atoms with Crippen LogP contribution in [-0.4, -0.2) is 64.3 Å².